The van der Waals surface area contributed by atoms with Crippen molar-refractivity contribution in [3.05, 3.63) is 57.5 Å². The van der Waals surface area contributed by atoms with Crippen LogP contribution in [0.25, 0.3) is 0 Å². The number of hydrogen-bond acceptors (Lipinski definition) is 4. The SMILES string of the molecule is Cn1nc(CC(=O)N2CCC(COc3ccccc3Cl)CC2)ccc1=O. The van der Waals surface area contributed by atoms with Gasteiger partial charge in [0, 0.05) is 26.2 Å². The number of halogens is 1. The molecule has 0 unspecified atom stereocenters. The molecule has 0 aliphatic carbocycles. The van der Waals surface area contributed by atoms with Gasteiger partial charge in [0.15, 0.2) is 0 Å². The van der Waals surface area contributed by atoms with Crippen molar-refractivity contribution in [2.45, 2.75) is 19.3 Å². The fourth-order valence-electron chi connectivity index (χ4n) is 3.03. The molecule has 1 amide bonds. The molecule has 1 aromatic carbocycles. The maximum absolute atomic E-state index is 12.4. The van der Waals surface area contributed by atoms with Crippen molar-refractivity contribution < 1.29 is 9.53 Å². The molecule has 1 aliphatic heterocycles. The molecule has 1 aliphatic rings. The first-order valence-electron chi connectivity index (χ1n) is 8.71. The minimum Gasteiger partial charge on any atom is -0.492 e. The normalized spacial score (nSPS) is 15.1. The molecule has 138 valence electrons. The first-order chi connectivity index (χ1) is 12.5. The fourth-order valence-corrected chi connectivity index (χ4v) is 3.22. The van der Waals surface area contributed by atoms with Crippen LogP contribution in [0.3, 0.4) is 0 Å². The Balaban J connectivity index is 1.47. The van der Waals surface area contributed by atoms with Crippen LogP contribution in [-0.2, 0) is 18.3 Å². The second-order valence-corrected chi connectivity index (χ2v) is 6.94. The molecule has 6 nitrogen and oxygen atoms in total. The second kappa shape index (κ2) is 8.36. The number of ether oxygens (including phenoxy) is 1. The van der Waals surface area contributed by atoms with E-state index >= 15 is 0 Å². The summed E-state index contributed by atoms with van der Waals surface area (Å²) < 4.78 is 7.07. The quantitative estimate of drug-likeness (QED) is 0.804. The Morgan fingerprint density at radius 1 is 1.23 bits per heavy atom. The number of hydrogen-bond donors (Lipinski definition) is 0. The van der Waals surface area contributed by atoms with Crippen molar-refractivity contribution in [1.82, 2.24) is 14.7 Å². The molecule has 1 saturated heterocycles. The standard InChI is InChI=1S/C19H22ClN3O3/c1-22-18(24)7-6-15(21-22)12-19(25)23-10-8-14(9-11-23)13-26-17-5-3-2-4-16(17)20/h2-7,14H,8-13H2,1H3. The van der Waals surface area contributed by atoms with Gasteiger partial charge in [0.2, 0.25) is 5.91 Å². The summed E-state index contributed by atoms with van der Waals surface area (Å²) >= 11 is 6.10. The average Bonchev–Trinajstić information content (AvgIpc) is 2.64. The van der Waals surface area contributed by atoms with Crippen LogP contribution >= 0.6 is 11.6 Å². The molecule has 0 N–H and O–H groups in total. The molecule has 1 fully saturated rings. The number of likely N-dealkylation sites (tertiary alicyclic amines) is 1. The van der Waals surface area contributed by atoms with Crippen molar-refractivity contribution in [2.24, 2.45) is 13.0 Å². The summed E-state index contributed by atoms with van der Waals surface area (Å²) in [6.45, 7) is 2.02. The molecular formula is C19H22ClN3O3. The Morgan fingerprint density at radius 2 is 1.96 bits per heavy atom. The van der Waals surface area contributed by atoms with Crippen LogP contribution in [0.15, 0.2) is 41.2 Å². The molecule has 2 aromatic rings. The van der Waals surface area contributed by atoms with Crippen molar-refractivity contribution in [3.8, 4) is 5.75 Å². The number of amides is 1. The van der Waals surface area contributed by atoms with E-state index in [1.54, 1.807) is 13.1 Å². The highest BCUT2D eigenvalue weighted by atomic mass is 35.5. The molecule has 0 bridgehead atoms. The number of aryl methyl sites for hydroxylation is 1. The number of piperidine rings is 1. The predicted molar refractivity (Wildman–Crippen MR) is 99.4 cm³/mol. The zero-order valence-corrected chi connectivity index (χ0v) is 15.5. The fraction of sp³-hybridized carbons (Fsp3) is 0.421. The zero-order chi connectivity index (χ0) is 18.5. The third kappa shape index (κ3) is 4.64. The number of carbonyl (C=O) groups excluding carboxylic acids is 1. The Bertz CT molecular complexity index is 829. The van der Waals surface area contributed by atoms with Gasteiger partial charge in [0.05, 0.1) is 23.7 Å². The number of benzene rings is 1. The topological polar surface area (TPSA) is 64.4 Å². The molecule has 1 aromatic heterocycles. The van der Waals surface area contributed by atoms with Gasteiger partial charge in [-0.3, -0.25) is 9.59 Å². The maximum atomic E-state index is 12.4. The van der Waals surface area contributed by atoms with Gasteiger partial charge in [0.25, 0.3) is 5.56 Å². The summed E-state index contributed by atoms with van der Waals surface area (Å²) in [5, 5.41) is 4.73. The van der Waals surface area contributed by atoms with Crippen molar-refractivity contribution in [2.75, 3.05) is 19.7 Å². The third-order valence-corrected chi connectivity index (χ3v) is 4.94. The Hall–Kier alpha value is -2.34. The van der Waals surface area contributed by atoms with E-state index in [0.717, 1.165) is 12.8 Å². The minimum atomic E-state index is -0.180. The van der Waals surface area contributed by atoms with Gasteiger partial charge in [-0.2, -0.15) is 5.10 Å². The van der Waals surface area contributed by atoms with Gasteiger partial charge in [0.1, 0.15) is 5.75 Å². The van der Waals surface area contributed by atoms with Crippen LogP contribution < -0.4 is 10.3 Å². The average molecular weight is 376 g/mol. The largest absolute Gasteiger partial charge is 0.492 e. The first-order valence-corrected chi connectivity index (χ1v) is 9.09. The Labute approximate surface area is 157 Å². The monoisotopic (exact) mass is 375 g/mol. The third-order valence-electron chi connectivity index (χ3n) is 4.63. The van der Waals surface area contributed by atoms with E-state index in [9.17, 15) is 9.59 Å². The number of para-hydroxylation sites is 1. The van der Waals surface area contributed by atoms with E-state index < -0.39 is 0 Å². The van der Waals surface area contributed by atoms with Crippen LogP contribution in [0.1, 0.15) is 18.5 Å². The Kier molecular flexibility index (Phi) is 5.93. The molecule has 7 heteroatoms. The molecule has 26 heavy (non-hydrogen) atoms. The molecule has 0 spiro atoms. The summed E-state index contributed by atoms with van der Waals surface area (Å²) in [5.74, 6) is 1.15. The van der Waals surface area contributed by atoms with Crippen LogP contribution in [0.5, 0.6) is 5.75 Å². The lowest BCUT2D eigenvalue weighted by molar-refractivity contribution is -0.132. The number of rotatable bonds is 5. The highest BCUT2D eigenvalue weighted by molar-refractivity contribution is 6.32. The van der Waals surface area contributed by atoms with Crippen LogP contribution in [0.4, 0.5) is 0 Å². The van der Waals surface area contributed by atoms with Crippen LogP contribution in [0.2, 0.25) is 5.02 Å². The molecule has 2 heterocycles. The van der Waals surface area contributed by atoms with Gasteiger partial charge >= 0.3 is 0 Å². The van der Waals surface area contributed by atoms with Gasteiger partial charge in [-0.1, -0.05) is 23.7 Å². The minimum absolute atomic E-state index is 0.0432. The lowest BCUT2D eigenvalue weighted by Crippen LogP contribution is -2.40. The van der Waals surface area contributed by atoms with E-state index in [-0.39, 0.29) is 17.9 Å². The number of nitrogens with zero attached hydrogens (tertiary/aromatic N) is 3. The smallest absolute Gasteiger partial charge is 0.266 e. The first kappa shape index (κ1) is 18.5. The highest BCUT2D eigenvalue weighted by Crippen LogP contribution is 2.25. The lowest BCUT2D eigenvalue weighted by atomic mass is 9.97. The lowest BCUT2D eigenvalue weighted by Gasteiger charge is -2.32. The summed E-state index contributed by atoms with van der Waals surface area (Å²) in [6, 6.07) is 10.5. The van der Waals surface area contributed by atoms with E-state index in [1.807, 2.05) is 29.2 Å². The Morgan fingerprint density at radius 3 is 2.65 bits per heavy atom. The highest BCUT2D eigenvalue weighted by Gasteiger charge is 2.23. The van der Waals surface area contributed by atoms with Gasteiger partial charge in [-0.25, -0.2) is 4.68 Å². The van der Waals surface area contributed by atoms with E-state index in [4.69, 9.17) is 16.3 Å². The van der Waals surface area contributed by atoms with E-state index in [1.165, 1.54) is 10.7 Å². The molecule has 0 saturated carbocycles. The van der Waals surface area contributed by atoms with Crippen molar-refractivity contribution in [1.29, 1.82) is 0 Å². The van der Waals surface area contributed by atoms with Crippen molar-refractivity contribution >= 4 is 17.5 Å². The number of carbonyl (C=O) groups is 1. The van der Waals surface area contributed by atoms with Gasteiger partial charge in [-0.05, 0) is 37.0 Å². The van der Waals surface area contributed by atoms with E-state index in [2.05, 4.69) is 5.10 Å². The van der Waals surface area contributed by atoms with Crippen LogP contribution in [-0.4, -0.2) is 40.3 Å². The molecule has 0 atom stereocenters. The summed E-state index contributed by atoms with van der Waals surface area (Å²) in [4.78, 5) is 25.7. The van der Waals surface area contributed by atoms with Gasteiger partial charge in [-0.15, -0.1) is 0 Å². The summed E-state index contributed by atoms with van der Waals surface area (Å²) in [6.07, 6.45) is 2.02. The van der Waals surface area contributed by atoms with Crippen LogP contribution in [0, 0.1) is 5.92 Å². The molecular weight excluding hydrogens is 354 g/mol. The maximum Gasteiger partial charge on any atom is 0.266 e. The summed E-state index contributed by atoms with van der Waals surface area (Å²) in [7, 11) is 1.58. The zero-order valence-electron chi connectivity index (χ0n) is 14.7. The summed E-state index contributed by atoms with van der Waals surface area (Å²) in [5.41, 5.74) is 0.432. The van der Waals surface area contributed by atoms with E-state index in [0.29, 0.717) is 42.1 Å². The second-order valence-electron chi connectivity index (χ2n) is 6.53. The molecule has 3 rings (SSSR count). The predicted octanol–water partition coefficient (Wildman–Crippen LogP) is 2.29. The number of aromatic nitrogens is 2. The van der Waals surface area contributed by atoms with Gasteiger partial charge < -0.3 is 9.64 Å². The molecule has 0 radical (unpaired) electrons. The van der Waals surface area contributed by atoms with Crippen molar-refractivity contribution in [3.63, 3.8) is 0 Å².